The topological polar surface area (TPSA) is 92.9 Å². The molecule has 3 aromatic rings. The van der Waals surface area contributed by atoms with E-state index in [0.717, 1.165) is 6.07 Å². The van der Waals surface area contributed by atoms with Crippen LogP contribution in [-0.2, 0) is 16.1 Å². The highest BCUT2D eigenvalue weighted by molar-refractivity contribution is 6.46. The van der Waals surface area contributed by atoms with Gasteiger partial charge in [-0.15, -0.1) is 0 Å². The number of nitrogens with zero attached hydrogens (tertiary/aromatic N) is 2. The number of ether oxygens (including phenoxy) is 1. The highest BCUT2D eigenvalue weighted by atomic mass is 19.1. The number of Topliss-reactive ketones (excluding diaryl/α,β-unsaturated/α-hetero) is 1. The molecule has 7 nitrogen and oxygen atoms in total. The van der Waals surface area contributed by atoms with Crippen molar-refractivity contribution in [2.24, 2.45) is 0 Å². The second-order valence-corrected chi connectivity index (χ2v) is 7.08. The number of aliphatic hydroxyl groups excluding tert-OH is 1. The second kappa shape index (κ2) is 8.06. The van der Waals surface area contributed by atoms with Crippen LogP contribution in [0.3, 0.4) is 0 Å². The summed E-state index contributed by atoms with van der Waals surface area (Å²) >= 11 is 0. The van der Waals surface area contributed by atoms with E-state index in [1.807, 2.05) is 0 Å². The van der Waals surface area contributed by atoms with E-state index in [2.05, 4.69) is 4.98 Å². The zero-order valence-electron chi connectivity index (χ0n) is 16.8. The Labute approximate surface area is 177 Å². The number of hydrogen-bond donors (Lipinski definition) is 1. The lowest BCUT2D eigenvalue weighted by atomic mass is 9.98. The molecule has 1 amide bonds. The van der Waals surface area contributed by atoms with Gasteiger partial charge >= 0.3 is 0 Å². The van der Waals surface area contributed by atoms with Crippen molar-refractivity contribution < 1.29 is 28.2 Å². The number of rotatable bonds is 5. The van der Waals surface area contributed by atoms with E-state index in [9.17, 15) is 19.1 Å². The van der Waals surface area contributed by atoms with Crippen molar-refractivity contribution in [2.75, 3.05) is 7.11 Å². The highest BCUT2D eigenvalue weighted by Gasteiger charge is 2.47. The van der Waals surface area contributed by atoms with Crippen molar-refractivity contribution in [3.63, 3.8) is 0 Å². The number of benzene rings is 1. The molecule has 1 unspecified atom stereocenters. The number of aromatic nitrogens is 1. The lowest BCUT2D eigenvalue weighted by molar-refractivity contribution is -0.140. The maximum Gasteiger partial charge on any atom is 0.296 e. The van der Waals surface area contributed by atoms with Gasteiger partial charge < -0.3 is 19.2 Å². The fourth-order valence-corrected chi connectivity index (χ4v) is 3.64. The van der Waals surface area contributed by atoms with Crippen LogP contribution in [0.1, 0.15) is 28.7 Å². The number of ketones is 1. The molecule has 2 aromatic heterocycles. The van der Waals surface area contributed by atoms with Gasteiger partial charge in [-0.25, -0.2) is 4.39 Å². The van der Waals surface area contributed by atoms with Crippen molar-refractivity contribution in [3.05, 3.63) is 88.9 Å². The SMILES string of the molecule is COc1ccc(F)cc1/C(O)=C1\C(=O)C(=O)N(Cc2cccnc2)C1c1ccc(C)o1. The van der Waals surface area contributed by atoms with Crippen molar-refractivity contribution >= 4 is 17.4 Å². The van der Waals surface area contributed by atoms with Gasteiger partial charge in [-0.1, -0.05) is 6.07 Å². The number of pyridine rings is 1. The van der Waals surface area contributed by atoms with E-state index in [4.69, 9.17) is 9.15 Å². The van der Waals surface area contributed by atoms with Gasteiger partial charge in [0.05, 0.1) is 18.2 Å². The molecule has 8 heteroatoms. The molecule has 1 aromatic carbocycles. The predicted octanol–water partition coefficient (Wildman–Crippen LogP) is 3.75. The van der Waals surface area contributed by atoms with Gasteiger partial charge in [0.25, 0.3) is 11.7 Å². The minimum Gasteiger partial charge on any atom is -0.507 e. The van der Waals surface area contributed by atoms with Gasteiger partial charge in [0, 0.05) is 18.9 Å². The minimum absolute atomic E-state index is 0.0323. The third kappa shape index (κ3) is 3.68. The predicted molar refractivity (Wildman–Crippen MR) is 108 cm³/mol. The maximum absolute atomic E-state index is 13.9. The first-order valence-corrected chi connectivity index (χ1v) is 9.48. The number of aliphatic hydroxyl groups is 1. The van der Waals surface area contributed by atoms with Gasteiger partial charge in [0.1, 0.15) is 34.9 Å². The van der Waals surface area contributed by atoms with Crippen molar-refractivity contribution in [2.45, 2.75) is 19.5 Å². The average Bonchev–Trinajstić information content (AvgIpc) is 3.30. The van der Waals surface area contributed by atoms with Crippen LogP contribution >= 0.6 is 0 Å². The lowest BCUT2D eigenvalue weighted by Crippen LogP contribution is -2.29. The highest BCUT2D eigenvalue weighted by Crippen LogP contribution is 2.42. The molecule has 0 bridgehead atoms. The summed E-state index contributed by atoms with van der Waals surface area (Å²) in [7, 11) is 1.36. The van der Waals surface area contributed by atoms with Gasteiger partial charge in [-0.3, -0.25) is 14.6 Å². The van der Waals surface area contributed by atoms with Crippen molar-refractivity contribution in [3.8, 4) is 5.75 Å². The van der Waals surface area contributed by atoms with Crippen LogP contribution in [0.2, 0.25) is 0 Å². The molecule has 1 saturated heterocycles. The number of likely N-dealkylation sites (tertiary alicyclic amines) is 1. The molecule has 0 aliphatic carbocycles. The molecule has 158 valence electrons. The summed E-state index contributed by atoms with van der Waals surface area (Å²) in [4.78, 5) is 31.3. The monoisotopic (exact) mass is 422 g/mol. The van der Waals surface area contributed by atoms with Crippen molar-refractivity contribution in [1.29, 1.82) is 0 Å². The number of hydrogen-bond acceptors (Lipinski definition) is 6. The van der Waals surface area contributed by atoms with Gasteiger partial charge in [0.15, 0.2) is 0 Å². The number of amides is 1. The minimum atomic E-state index is -0.998. The van der Waals surface area contributed by atoms with Gasteiger partial charge in [-0.2, -0.15) is 0 Å². The Balaban J connectivity index is 1.89. The summed E-state index contributed by atoms with van der Waals surface area (Å²) in [5.74, 6) is -1.83. The zero-order chi connectivity index (χ0) is 22.1. The van der Waals surface area contributed by atoms with E-state index in [1.54, 1.807) is 43.6 Å². The first-order valence-electron chi connectivity index (χ1n) is 9.48. The molecule has 4 rings (SSSR count). The molecule has 1 aliphatic rings. The van der Waals surface area contributed by atoms with E-state index in [-0.39, 0.29) is 23.4 Å². The molecular weight excluding hydrogens is 403 g/mol. The van der Waals surface area contributed by atoms with Crippen LogP contribution in [-0.4, -0.2) is 33.8 Å². The number of halogens is 1. The third-order valence-electron chi connectivity index (χ3n) is 5.06. The van der Waals surface area contributed by atoms with Crippen LogP contribution in [0.4, 0.5) is 4.39 Å². The molecular formula is C23H19FN2O5. The van der Waals surface area contributed by atoms with E-state index < -0.39 is 29.3 Å². The molecule has 0 spiro atoms. The molecule has 1 aliphatic heterocycles. The van der Waals surface area contributed by atoms with Gasteiger partial charge in [0.2, 0.25) is 0 Å². The standard InChI is InChI=1S/C23H19FN2O5/c1-13-5-7-18(31-13)20-19(21(27)16-10-15(24)6-8-17(16)30-2)22(28)23(29)26(20)12-14-4-3-9-25-11-14/h3-11,20,27H,12H2,1-2H3/b21-19+. The summed E-state index contributed by atoms with van der Waals surface area (Å²) in [5, 5.41) is 11.0. The zero-order valence-corrected chi connectivity index (χ0v) is 16.8. The normalized spacial score (nSPS) is 17.9. The van der Waals surface area contributed by atoms with E-state index in [0.29, 0.717) is 17.1 Å². The Morgan fingerprint density at radius 3 is 2.71 bits per heavy atom. The Kier molecular flexibility index (Phi) is 5.29. The molecule has 1 N–H and O–H groups in total. The number of aryl methyl sites for hydroxylation is 1. The van der Waals surface area contributed by atoms with Crippen LogP contribution in [0, 0.1) is 12.7 Å². The Hall–Kier alpha value is -3.94. The quantitative estimate of drug-likeness (QED) is 0.382. The summed E-state index contributed by atoms with van der Waals surface area (Å²) in [5.41, 5.74) is 0.461. The van der Waals surface area contributed by atoms with E-state index >= 15 is 0 Å². The smallest absolute Gasteiger partial charge is 0.296 e. The first-order chi connectivity index (χ1) is 14.9. The largest absolute Gasteiger partial charge is 0.507 e. The van der Waals surface area contributed by atoms with Crippen LogP contribution in [0.5, 0.6) is 5.75 Å². The molecule has 1 atom stereocenters. The number of carbonyl (C=O) groups excluding carboxylic acids is 2. The third-order valence-corrected chi connectivity index (χ3v) is 5.06. The van der Waals surface area contributed by atoms with Gasteiger partial charge in [-0.05, 0) is 48.9 Å². The Bertz CT molecular complexity index is 1190. The van der Waals surface area contributed by atoms with E-state index in [1.165, 1.54) is 24.1 Å². The molecule has 31 heavy (non-hydrogen) atoms. The second-order valence-electron chi connectivity index (χ2n) is 7.08. The molecule has 0 saturated carbocycles. The number of carbonyl (C=O) groups is 2. The molecule has 0 radical (unpaired) electrons. The summed E-state index contributed by atoms with van der Waals surface area (Å²) < 4.78 is 24.8. The van der Waals surface area contributed by atoms with Crippen LogP contribution in [0.25, 0.3) is 5.76 Å². The lowest BCUT2D eigenvalue weighted by Gasteiger charge is -2.23. The fourth-order valence-electron chi connectivity index (χ4n) is 3.64. The Morgan fingerprint density at radius 2 is 2.06 bits per heavy atom. The number of methoxy groups -OCH3 is 1. The van der Waals surface area contributed by atoms with Crippen LogP contribution in [0.15, 0.2) is 64.8 Å². The number of furan rings is 1. The summed E-state index contributed by atoms with van der Waals surface area (Å²) in [6.07, 6.45) is 3.18. The Morgan fingerprint density at radius 1 is 1.26 bits per heavy atom. The van der Waals surface area contributed by atoms with Crippen LogP contribution < -0.4 is 4.74 Å². The molecule has 3 heterocycles. The maximum atomic E-state index is 13.9. The summed E-state index contributed by atoms with van der Waals surface area (Å²) in [6, 6.07) is 9.38. The average molecular weight is 422 g/mol. The first kappa shape index (κ1) is 20.3. The fraction of sp³-hybridized carbons (Fsp3) is 0.174. The molecule has 1 fully saturated rings. The summed E-state index contributed by atoms with van der Waals surface area (Å²) in [6.45, 7) is 1.80. The van der Waals surface area contributed by atoms with Crippen molar-refractivity contribution in [1.82, 2.24) is 9.88 Å².